The van der Waals surface area contributed by atoms with Crippen molar-refractivity contribution in [1.82, 2.24) is 5.32 Å². The average molecular weight is 242 g/mol. The zero-order valence-electron chi connectivity index (χ0n) is 9.37. The van der Waals surface area contributed by atoms with Crippen molar-refractivity contribution >= 4 is 5.96 Å². The van der Waals surface area contributed by atoms with E-state index in [4.69, 9.17) is 11.5 Å². The van der Waals surface area contributed by atoms with Crippen LogP contribution < -0.4 is 16.8 Å². The molecule has 0 amide bonds. The lowest BCUT2D eigenvalue weighted by atomic mass is 10.2. The van der Waals surface area contributed by atoms with E-state index in [1.807, 2.05) is 30.3 Å². The van der Waals surface area contributed by atoms with Crippen molar-refractivity contribution < 1.29 is 8.78 Å². The summed E-state index contributed by atoms with van der Waals surface area (Å²) in [6.45, 7) is -0.770. The Morgan fingerprint density at radius 2 is 1.88 bits per heavy atom. The molecule has 0 atom stereocenters. The topological polar surface area (TPSA) is 76.4 Å². The quantitative estimate of drug-likeness (QED) is 0.507. The van der Waals surface area contributed by atoms with Crippen LogP contribution in [0.3, 0.4) is 0 Å². The Hall–Kier alpha value is -1.69. The first-order chi connectivity index (χ1) is 7.99. The molecule has 0 unspecified atom stereocenters. The molecule has 0 aliphatic heterocycles. The van der Waals surface area contributed by atoms with Gasteiger partial charge < -0.3 is 16.8 Å². The van der Waals surface area contributed by atoms with Gasteiger partial charge in [0, 0.05) is 6.54 Å². The van der Waals surface area contributed by atoms with Crippen molar-refractivity contribution in [2.75, 3.05) is 13.1 Å². The second kappa shape index (κ2) is 6.15. The Balaban J connectivity index is 2.32. The van der Waals surface area contributed by atoms with Crippen LogP contribution in [0, 0.1) is 0 Å². The number of nitrogens with two attached hydrogens (primary N) is 2. The van der Waals surface area contributed by atoms with Crippen molar-refractivity contribution in [2.24, 2.45) is 16.5 Å². The molecule has 94 valence electrons. The molecule has 0 heterocycles. The van der Waals surface area contributed by atoms with E-state index in [9.17, 15) is 8.78 Å². The standard InChI is InChI=1S/C11H16F2N4/c12-11(13,8-17-10(14)15)7-16-6-9-4-2-1-3-5-9/h1-5,16H,6-8H2,(H4,14,15,17). The highest BCUT2D eigenvalue weighted by Gasteiger charge is 2.27. The minimum atomic E-state index is -2.95. The molecule has 5 N–H and O–H groups in total. The van der Waals surface area contributed by atoms with Crippen LogP contribution in [0.4, 0.5) is 8.78 Å². The fraction of sp³-hybridized carbons (Fsp3) is 0.364. The maximum atomic E-state index is 13.2. The van der Waals surface area contributed by atoms with Crippen LogP contribution >= 0.6 is 0 Å². The summed E-state index contributed by atoms with van der Waals surface area (Å²) in [4.78, 5) is 3.30. The summed E-state index contributed by atoms with van der Waals surface area (Å²) < 4.78 is 26.4. The summed E-state index contributed by atoms with van der Waals surface area (Å²) in [5, 5.41) is 2.66. The van der Waals surface area contributed by atoms with E-state index >= 15 is 0 Å². The van der Waals surface area contributed by atoms with Crippen LogP contribution in [0.15, 0.2) is 35.3 Å². The second-order valence-electron chi connectivity index (χ2n) is 3.69. The lowest BCUT2D eigenvalue weighted by Gasteiger charge is -2.14. The van der Waals surface area contributed by atoms with Gasteiger partial charge in [-0.1, -0.05) is 30.3 Å². The zero-order valence-corrected chi connectivity index (χ0v) is 9.37. The number of hydrogen-bond donors (Lipinski definition) is 3. The molecule has 0 saturated heterocycles. The summed E-state index contributed by atoms with van der Waals surface area (Å²) in [5.74, 6) is -3.27. The molecule has 17 heavy (non-hydrogen) atoms. The van der Waals surface area contributed by atoms with Gasteiger partial charge in [0.1, 0.15) is 6.54 Å². The number of benzene rings is 1. The van der Waals surface area contributed by atoms with Gasteiger partial charge in [0.2, 0.25) is 0 Å². The number of guanidine groups is 1. The molecule has 0 fully saturated rings. The number of rotatable bonds is 6. The van der Waals surface area contributed by atoms with Gasteiger partial charge in [-0.3, -0.25) is 0 Å². The molecule has 1 aromatic rings. The molecule has 4 nitrogen and oxygen atoms in total. The number of aliphatic imine (C=N–C) groups is 1. The van der Waals surface area contributed by atoms with Gasteiger partial charge in [-0.05, 0) is 5.56 Å². The van der Waals surface area contributed by atoms with Crippen molar-refractivity contribution in [3.8, 4) is 0 Å². The minimum absolute atomic E-state index is 0.326. The van der Waals surface area contributed by atoms with Crippen LogP contribution in [0.25, 0.3) is 0 Å². The van der Waals surface area contributed by atoms with Gasteiger partial charge in [-0.15, -0.1) is 0 Å². The fourth-order valence-electron chi connectivity index (χ4n) is 1.25. The average Bonchev–Trinajstić information content (AvgIpc) is 2.28. The SMILES string of the molecule is NC(N)=NCC(F)(F)CNCc1ccccc1. The van der Waals surface area contributed by atoms with Gasteiger partial charge in [-0.25, -0.2) is 13.8 Å². The third-order valence-corrected chi connectivity index (χ3v) is 2.05. The van der Waals surface area contributed by atoms with Gasteiger partial charge in [0.15, 0.2) is 5.96 Å². The second-order valence-corrected chi connectivity index (χ2v) is 3.69. The molecule has 0 spiro atoms. The zero-order chi connectivity index (χ0) is 12.7. The van der Waals surface area contributed by atoms with Crippen LogP contribution in [0.5, 0.6) is 0 Å². The van der Waals surface area contributed by atoms with Crippen molar-refractivity contribution in [2.45, 2.75) is 12.5 Å². The van der Waals surface area contributed by atoms with E-state index in [0.29, 0.717) is 6.54 Å². The van der Waals surface area contributed by atoms with Crippen LogP contribution in [0.2, 0.25) is 0 Å². The summed E-state index contributed by atoms with van der Waals surface area (Å²) in [6.07, 6.45) is 0. The first-order valence-corrected chi connectivity index (χ1v) is 5.17. The molecule has 0 aliphatic rings. The van der Waals surface area contributed by atoms with Crippen molar-refractivity contribution in [3.63, 3.8) is 0 Å². The number of halogens is 2. The lowest BCUT2D eigenvalue weighted by molar-refractivity contribution is 0.0121. The Morgan fingerprint density at radius 1 is 1.24 bits per heavy atom. The molecular weight excluding hydrogens is 226 g/mol. The number of hydrogen-bond acceptors (Lipinski definition) is 2. The van der Waals surface area contributed by atoms with Gasteiger partial charge in [0.25, 0.3) is 5.92 Å². The van der Waals surface area contributed by atoms with E-state index in [1.54, 1.807) is 0 Å². The van der Waals surface area contributed by atoms with E-state index in [0.717, 1.165) is 5.56 Å². The van der Waals surface area contributed by atoms with Crippen molar-refractivity contribution in [3.05, 3.63) is 35.9 Å². The Bertz CT molecular complexity index is 361. The molecule has 0 bridgehead atoms. The molecule has 0 saturated carbocycles. The monoisotopic (exact) mass is 242 g/mol. The number of nitrogens with one attached hydrogen (secondary N) is 1. The Kier molecular flexibility index (Phi) is 4.84. The molecule has 1 aromatic carbocycles. The Morgan fingerprint density at radius 3 is 2.47 bits per heavy atom. The van der Waals surface area contributed by atoms with E-state index < -0.39 is 19.0 Å². The van der Waals surface area contributed by atoms with Crippen LogP contribution in [-0.2, 0) is 6.54 Å². The summed E-state index contributed by atoms with van der Waals surface area (Å²) in [5.41, 5.74) is 10.9. The maximum Gasteiger partial charge on any atom is 0.279 e. The molecular formula is C11H16F2N4. The van der Waals surface area contributed by atoms with Gasteiger partial charge >= 0.3 is 0 Å². The lowest BCUT2D eigenvalue weighted by Crippen LogP contribution is -2.36. The molecule has 0 aromatic heterocycles. The molecule has 6 heteroatoms. The Labute approximate surface area is 98.7 Å². The predicted molar refractivity (Wildman–Crippen MR) is 63.8 cm³/mol. The normalized spacial score (nSPS) is 11.2. The number of nitrogens with zero attached hydrogens (tertiary/aromatic N) is 1. The summed E-state index contributed by atoms with van der Waals surface area (Å²) in [6, 6.07) is 9.31. The third kappa shape index (κ3) is 5.82. The van der Waals surface area contributed by atoms with E-state index in [2.05, 4.69) is 10.3 Å². The van der Waals surface area contributed by atoms with Gasteiger partial charge in [0.05, 0.1) is 6.54 Å². The van der Waals surface area contributed by atoms with Crippen molar-refractivity contribution in [1.29, 1.82) is 0 Å². The first kappa shape index (κ1) is 13.4. The molecule has 0 radical (unpaired) electrons. The summed E-state index contributed by atoms with van der Waals surface area (Å²) >= 11 is 0. The minimum Gasteiger partial charge on any atom is -0.370 e. The smallest absolute Gasteiger partial charge is 0.279 e. The largest absolute Gasteiger partial charge is 0.370 e. The van der Waals surface area contributed by atoms with E-state index in [1.165, 1.54) is 0 Å². The predicted octanol–water partition coefficient (Wildman–Crippen LogP) is 0.685. The van der Waals surface area contributed by atoms with Gasteiger partial charge in [-0.2, -0.15) is 0 Å². The first-order valence-electron chi connectivity index (χ1n) is 5.17. The highest BCUT2D eigenvalue weighted by molar-refractivity contribution is 5.75. The van der Waals surface area contributed by atoms with E-state index in [-0.39, 0.29) is 5.96 Å². The highest BCUT2D eigenvalue weighted by atomic mass is 19.3. The molecule has 1 rings (SSSR count). The maximum absolute atomic E-state index is 13.2. The van der Waals surface area contributed by atoms with Crippen LogP contribution in [0.1, 0.15) is 5.56 Å². The van der Waals surface area contributed by atoms with Crippen LogP contribution in [-0.4, -0.2) is 25.0 Å². The fourth-order valence-corrected chi connectivity index (χ4v) is 1.25. The number of alkyl halides is 2. The highest BCUT2D eigenvalue weighted by Crippen LogP contribution is 2.12. The summed E-state index contributed by atoms with van der Waals surface area (Å²) in [7, 11) is 0. The third-order valence-electron chi connectivity index (χ3n) is 2.05. The molecule has 0 aliphatic carbocycles.